The zero-order chi connectivity index (χ0) is 12.3. The Labute approximate surface area is 101 Å². The highest BCUT2D eigenvalue weighted by Gasteiger charge is 2.07. The molecule has 0 spiro atoms. The average Bonchev–Trinajstić information content (AvgIpc) is 2.90. The van der Waals surface area contributed by atoms with E-state index >= 15 is 0 Å². The van der Waals surface area contributed by atoms with Crippen LogP contribution < -0.4 is 0 Å². The van der Waals surface area contributed by atoms with E-state index in [1.165, 1.54) is 0 Å². The molecular weight excluding hydrogens is 210 g/mol. The van der Waals surface area contributed by atoms with Gasteiger partial charge >= 0.3 is 0 Å². The molecule has 3 heteroatoms. The van der Waals surface area contributed by atoms with Crippen molar-refractivity contribution in [2.45, 2.75) is 13.3 Å². The van der Waals surface area contributed by atoms with Crippen molar-refractivity contribution in [3.63, 3.8) is 0 Å². The summed E-state index contributed by atoms with van der Waals surface area (Å²) in [6.07, 6.45) is 4.42. The molecule has 0 N–H and O–H groups in total. The molecule has 0 fully saturated rings. The average molecular weight is 223 g/mol. The highest BCUT2D eigenvalue weighted by Crippen LogP contribution is 2.21. The van der Waals surface area contributed by atoms with Gasteiger partial charge in [-0.1, -0.05) is 19.6 Å². The largest absolute Gasteiger partial charge is 0.240 e. The predicted molar refractivity (Wildman–Crippen MR) is 67.6 cm³/mol. The van der Waals surface area contributed by atoms with Gasteiger partial charge in [-0.15, -0.1) is 0 Å². The van der Waals surface area contributed by atoms with Gasteiger partial charge in [-0.2, -0.15) is 10.4 Å². The first kappa shape index (κ1) is 11.2. The molecule has 0 unspecified atom stereocenters. The maximum Gasteiger partial charge on any atom is 0.101 e. The SMILES string of the molecule is C=C(CC)c1ccc(C#N)c(-n2cccn2)c1. The van der Waals surface area contributed by atoms with Crippen LogP contribution in [0.3, 0.4) is 0 Å². The fraction of sp³-hybridized carbons (Fsp3) is 0.143. The van der Waals surface area contributed by atoms with Crippen molar-refractivity contribution in [2.24, 2.45) is 0 Å². The molecule has 17 heavy (non-hydrogen) atoms. The molecule has 3 nitrogen and oxygen atoms in total. The summed E-state index contributed by atoms with van der Waals surface area (Å²) in [5.74, 6) is 0. The minimum absolute atomic E-state index is 0.612. The molecule has 2 rings (SSSR count). The van der Waals surface area contributed by atoms with Gasteiger partial charge in [0.2, 0.25) is 0 Å². The summed E-state index contributed by atoms with van der Waals surface area (Å²) < 4.78 is 1.70. The number of rotatable bonds is 3. The van der Waals surface area contributed by atoms with Crippen LogP contribution in [-0.4, -0.2) is 9.78 Å². The maximum absolute atomic E-state index is 9.09. The van der Waals surface area contributed by atoms with E-state index < -0.39 is 0 Å². The minimum atomic E-state index is 0.612. The second-order valence-electron chi connectivity index (χ2n) is 3.75. The van der Waals surface area contributed by atoms with Crippen LogP contribution in [0.25, 0.3) is 11.3 Å². The van der Waals surface area contributed by atoms with Crippen molar-refractivity contribution in [3.05, 3.63) is 54.4 Å². The minimum Gasteiger partial charge on any atom is -0.240 e. The number of allylic oxidation sites excluding steroid dienone is 1. The van der Waals surface area contributed by atoms with Gasteiger partial charge in [-0.25, -0.2) is 4.68 Å². The molecule has 0 aliphatic rings. The molecular formula is C14H13N3. The maximum atomic E-state index is 9.09. The van der Waals surface area contributed by atoms with Crippen molar-refractivity contribution in [2.75, 3.05) is 0 Å². The number of hydrogen-bond donors (Lipinski definition) is 0. The Morgan fingerprint density at radius 2 is 2.35 bits per heavy atom. The fourth-order valence-corrected chi connectivity index (χ4v) is 1.65. The third-order valence-corrected chi connectivity index (χ3v) is 2.70. The van der Waals surface area contributed by atoms with E-state index in [2.05, 4.69) is 24.7 Å². The monoisotopic (exact) mass is 223 g/mol. The Morgan fingerprint density at radius 3 is 2.94 bits per heavy atom. The first-order valence-corrected chi connectivity index (χ1v) is 5.48. The Bertz CT molecular complexity index is 574. The zero-order valence-electron chi connectivity index (χ0n) is 9.72. The third kappa shape index (κ3) is 2.11. The van der Waals surface area contributed by atoms with Crippen LogP contribution in [0.1, 0.15) is 24.5 Å². The molecule has 0 atom stereocenters. The van der Waals surface area contributed by atoms with Gasteiger partial charge in [0.1, 0.15) is 6.07 Å². The van der Waals surface area contributed by atoms with Crippen LogP contribution in [-0.2, 0) is 0 Å². The van der Waals surface area contributed by atoms with Crippen molar-refractivity contribution < 1.29 is 0 Å². The molecule has 2 aromatic rings. The van der Waals surface area contributed by atoms with E-state index in [1.807, 2.05) is 30.5 Å². The lowest BCUT2D eigenvalue weighted by molar-refractivity contribution is 0.876. The van der Waals surface area contributed by atoms with Crippen molar-refractivity contribution in [1.29, 1.82) is 5.26 Å². The topological polar surface area (TPSA) is 41.6 Å². The van der Waals surface area contributed by atoms with E-state index in [1.54, 1.807) is 10.9 Å². The Hall–Kier alpha value is -2.34. The van der Waals surface area contributed by atoms with E-state index in [-0.39, 0.29) is 0 Å². The highest BCUT2D eigenvalue weighted by atomic mass is 15.3. The lowest BCUT2D eigenvalue weighted by Crippen LogP contribution is -1.99. The van der Waals surface area contributed by atoms with Gasteiger partial charge in [0, 0.05) is 12.4 Å². The van der Waals surface area contributed by atoms with Crippen LogP contribution in [0.2, 0.25) is 0 Å². The Kier molecular flexibility index (Phi) is 3.06. The number of nitrogens with zero attached hydrogens (tertiary/aromatic N) is 3. The molecule has 0 radical (unpaired) electrons. The van der Waals surface area contributed by atoms with E-state index in [0.717, 1.165) is 23.2 Å². The van der Waals surface area contributed by atoms with Crippen molar-refractivity contribution in [1.82, 2.24) is 9.78 Å². The second kappa shape index (κ2) is 4.67. The normalized spacial score (nSPS) is 9.88. The lowest BCUT2D eigenvalue weighted by Gasteiger charge is -2.08. The summed E-state index contributed by atoms with van der Waals surface area (Å²) in [6, 6.07) is 9.71. The van der Waals surface area contributed by atoms with E-state index in [9.17, 15) is 0 Å². The quantitative estimate of drug-likeness (QED) is 0.802. The molecule has 1 heterocycles. The van der Waals surface area contributed by atoms with Gasteiger partial charge in [-0.05, 0) is 35.8 Å². The van der Waals surface area contributed by atoms with Crippen LogP contribution in [0.15, 0.2) is 43.2 Å². The van der Waals surface area contributed by atoms with Gasteiger partial charge in [0.15, 0.2) is 0 Å². The molecule has 0 aliphatic carbocycles. The van der Waals surface area contributed by atoms with Crippen molar-refractivity contribution >= 4 is 5.57 Å². The summed E-state index contributed by atoms with van der Waals surface area (Å²) in [5, 5.41) is 13.2. The molecule has 0 bridgehead atoms. The van der Waals surface area contributed by atoms with Gasteiger partial charge < -0.3 is 0 Å². The molecule has 1 aromatic carbocycles. The summed E-state index contributed by atoms with van der Waals surface area (Å²) in [5.41, 5.74) is 3.52. The summed E-state index contributed by atoms with van der Waals surface area (Å²) in [7, 11) is 0. The molecule has 0 saturated heterocycles. The van der Waals surface area contributed by atoms with E-state index in [4.69, 9.17) is 5.26 Å². The Morgan fingerprint density at radius 1 is 1.53 bits per heavy atom. The molecule has 0 aliphatic heterocycles. The molecule has 84 valence electrons. The number of aromatic nitrogens is 2. The van der Waals surface area contributed by atoms with Crippen LogP contribution in [0.5, 0.6) is 0 Å². The van der Waals surface area contributed by atoms with Crippen LogP contribution >= 0.6 is 0 Å². The molecule has 1 aromatic heterocycles. The van der Waals surface area contributed by atoms with E-state index in [0.29, 0.717) is 5.56 Å². The number of benzene rings is 1. The van der Waals surface area contributed by atoms with Crippen molar-refractivity contribution in [3.8, 4) is 11.8 Å². The van der Waals surface area contributed by atoms with Crippen LogP contribution in [0, 0.1) is 11.3 Å². The lowest BCUT2D eigenvalue weighted by atomic mass is 10.0. The second-order valence-corrected chi connectivity index (χ2v) is 3.75. The number of hydrogen-bond acceptors (Lipinski definition) is 2. The fourth-order valence-electron chi connectivity index (χ4n) is 1.65. The third-order valence-electron chi connectivity index (χ3n) is 2.70. The zero-order valence-corrected chi connectivity index (χ0v) is 9.72. The first-order chi connectivity index (χ1) is 8.26. The smallest absolute Gasteiger partial charge is 0.101 e. The van der Waals surface area contributed by atoms with Crippen LogP contribution in [0.4, 0.5) is 0 Å². The summed E-state index contributed by atoms with van der Waals surface area (Å²) in [6.45, 7) is 6.07. The summed E-state index contributed by atoms with van der Waals surface area (Å²) >= 11 is 0. The van der Waals surface area contributed by atoms with Gasteiger partial charge in [-0.3, -0.25) is 0 Å². The predicted octanol–water partition coefficient (Wildman–Crippen LogP) is 3.17. The number of nitriles is 1. The first-order valence-electron chi connectivity index (χ1n) is 5.48. The van der Waals surface area contributed by atoms with Gasteiger partial charge in [0.25, 0.3) is 0 Å². The molecule has 0 saturated carbocycles. The molecule has 0 amide bonds. The van der Waals surface area contributed by atoms with Gasteiger partial charge in [0.05, 0.1) is 11.3 Å². The highest BCUT2D eigenvalue weighted by molar-refractivity contribution is 5.67. The Balaban J connectivity index is 2.56. The summed E-state index contributed by atoms with van der Waals surface area (Å²) in [4.78, 5) is 0. The standard InChI is InChI=1S/C14H13N3/c1-3-11(2)12-5-6-13(10-15)14(9-12)17-8-4-7-16-17/h4-9H,2-3H2,1H3.